The van der Waals surface area contributed by atoms with Crippen LogP contribution in [0.3, 0.4) is 0 Å². The number of rotatable bonds is 5. The number of likely N-dealkylation sites (N-methyl/N-ethyl adjacent to an activating group) is 1. The third kappa shape index (κ3) is 3.40. The quantitative estimate of drug-likeness (QED) is 0.806. The Bertz CT molecular complexity index is 431. The van der Waals surface area contributed by atoms with Crippen LogP contribution in [0.4, 0.5) is 0 Å². The number of nitrogens with zero attached hydrogens (tertiary/aromatic N) is 2. The molecule has 2 rings (SSSR count). The summed E-state index contributed by atoms with van der Waals surface area (Å²) in [5.74, 6) is 0. The molecule has 2 heterocycles. The summed E-state index contributed by atoms with van der Waals surface area (Å²) in [5, 5.41) is 3.30. The average Bonchev–Trinajstić information content (AvgIpc) is 2.25. The highest BCUT2D eigenvalue weighted by atomic mass is 15.1. The maximum absolute atomic E-state index is 4.58. The Morgan fingerprint density at radius 1 is 1.39 bits per heavy atom. The van der Waals surface area contributed by atoms with E-state index in [9.17, 15) is 0 Å². The Hall–Kier alpha value is -1.19. The lowest BCUT2D eigenvalue weighted by Gasteiger charge is -2.26. The third-order valence-corrected chi connectivity index (χ3v) is 3.52. The lowest BCUT2D eigenvalue weighted by atomic mass is 10.0. The van der Waals surface area contributed by atoms with Crippen molar-refractivity contribution < 1.29 is 0 Å². The van der Waals surface area contributed by atoms with Crippen molar-refractivity contribution in [1.29, 1.82) is 0 Å². The summed E-state index contributed by atoms with van der Waals surface area (Å²) >= 11 is 0. The van der Waals surface area contributed by atoms with Crippen molar-refractivity contribution in [2.45, 2.75) is 27.3 Å². The number of nitrogens with one attached hydrogen (secondary N) is 1. The van der Waals surface area contributed by atoms with Crippen molar-refractivity contribution in [3.8, 4) is 0 Å². The van der Waals surface area contributed by atoms with Gasteiger partial charge in [0.2, 0.25) is 0 Å². The monoisotopic (exact) mass is 245 g/mol. The highest BCUT2D eigenvalue weighted by Gasteiger charge is 2.13. The molecule has 1 aliphatic heterocycles. The molecule has 1 saturated heterocycles. The van der Waals surface area contributed by atoms with Crippen LogP contribution < -0.4 is 5.32 Å². The first-order valence-electron chi connectivity index (χ1n) is 6.72. The maximum atomic E-state index is 4.58. The Balaban J connectivity index is 1.97. The predicted octanol–water partition coefficient (Wildman–Crippen LogP) is 2.13. The molecule has 0 unspecified atom stereocenters. The maximum Gasteiger partial charge on any atom is 0.0547 e. The first-order chi connectivity index (χ1) is 8.69. The fraction of sp³-hybridized carbons (Fsp3) is 0.533. The zero-order valence-electron chi connectivity index (χ0n) is 11.7. The van der Waals surface area contributed by atoms with E-state index in [-0.39, 0.29) is 0 Å². The fourth-order valence-electron chi connectivity index (χ4n) is 2.20. The van der Waals surface area contributed by atoms with Crippen LogP contribution in [0.25, 0.3) is 0 Å². The van der Waals surface area contributed by atoms with E-state index in [1.54, 1.807) is 5.57 Å². The SMILES string of the molecule is CCN(CC(C)=C1CNC1)Cc1cccc(C)n1. The van der Waals surface area contributed by atoms with Crippen LogP contribution >= 0.6 is 0 Å². The number of hydrogen-bond acceptors (Lipinski definition) is 3. The molecule has 0 aliphatic carbocycles. The molecule has 1 aromatic rings. The minimum absolute atomic E-state index is 0.941. The van der Waals surface area contributed by atoms with Gasteiger partial charge in [0.05, 0.1) is 5.69 Å². The molecule has 0 amide bonds. The van der Waals surface area contributed by atoms with Crippen molar-refractivity contribution in [2.75, 3.05) is 26.2 Å². The molecule has 3 nitrogen and oxygen atoms in total. The molecule has 3 heteroatoms. The van der Waals surface area contributed by atoms with E-state index >= 15 is 0 Å². The van der Waals surface area contributed by atoms with Crippen molar-refractivity contribution in [3.63, 3.8) is 0 Å². The molecule has 1 N–H and O–H groups in total. The van der Waals surface area contributed by atoms with Crippen LogP contribution in [0.2, 0.25) is 0 Å². The molecule has 0 atom stereocenters. The molecule has 0 bridgehead atoms. The van der Waals surface area contributed by atoms with Gasteiger partial charge < -0.3 is 5.32 Å². The molecule has 98 valence electrons. The van der Waals surface area contributed by atoms with Gasteiger partial charge in [0.1, 0.15) is 0 Å². The second kappa shape index (κ2) is 6.12. The van der Waals surface area contributed by atoms with E-state index in [1.807, 2.05) is 13.0 Å². The first-order valence-corrected chi connectivity index (χ1v) is 6.72. The van der Waals surface area contributed by atoms with Crippen LogP contribution in [0.1, 0.15) is 25.2 Å². The van der Waals surface area contributed by atoms with Gasteiger partial charge in [-0.1, -0.05) is 18.6 Å². The van der Waals surface area contributed by atoms with Crippen molar-refractivity contribution in [2.24, 2.45) is 0 Å². The minimum atomic E-state index is 0.941. The largest absolute Gasteiger partial charge is 0.309 e. The van der Waals surface area contributed by atoms with Crippen LogP contribution in [0, 0.1) is 6.92 Å². The lowest BCUT2D eigenvalue weighted by Crippen LogP contribution is -2.36. The summed E-state index contributed by atoms with van der Waals surface area (Å²) in [4.78, 5) is 7.02. The number of pyridine rings is 1. The number of aromatic nitrogens is 1. The molecule has 1 aliphatic rings. The normalized spacial score (nSPS) is 14.8. The summed E-state index contributed by atoms with van der Waals surface area (Å²) in [6, 6.07) is 6.25. The minimum Gasteiger partial charge on any atom is -0.309 e. The van der Waals surface area contributed by atoms with Gasteiger partial charge in [0.15, 0.2) is 0 Å². The summed E-state index contributed by atoms with van der Waals surface area (Å²) < 4.78 is 0. The van der Waals surface area contributed by atoms with Crippen LogP contribution in [-0.4, -0.2) is 36.1 Å². The highest BCUT2D eigenvalue weighted by Crippen LogP contribution is 2.12. The summed E-state index contributed by atoms with van der Waals surface area (Å²) in [6.07, 6.45) is 0. The Morgan fingerprint density at radius 2 is 2.17 bits per heavy atom. The van der Waals surface area contributed by atoms with Crippen molar-refractivity contribution in [3.05, 3.63) is 40.7 Å². The zero-order chi connectivity index (χ0) is 13.0. The van der Waals surface area contributed by atoms with Gasteiger partial charge in [-0.15, -0.1) is 0 Å². The Morgan fingerprint density at radius 3 is 2.72 bits per heavy atom. The van der Waals surface area contributed by atoms with Gasteiger partial charge in [-0.25, -0.2) is 0 Å². The first kappa shape index (κ1) is 13.2. The van der Waals surface area contributed by atoms with E-state index in [0.717, 1.165) is 38.4 Å². The van der Waals surface area contributed by atoms with E-state index in [4.69, 9.17) is 0 Å². The molecular formula is C15H23N3. The highest BCUT2D eigenvalue weighted by molar-refractivity contribution is 5.22. The molecule has 0 radical (unpaired) electrons. The average molecular weight is 245 g/mol. The Labute approximate surface area is 110 Å². The summed E-state index contributed by atoms with van der Waals surface area (Å²) in [5.41, 5.74) is 5.36. The van der Waals surface area contributed by atoms with Gasteiger partial charge >= 0.3 is 0 Å². The standard InChI is InChI=1S/C15H23N3/c1-4-18(10-12(2)14-8-16-9-14)11-15-7-5-6-13(3)17-15/h5-7,16H,4,8-11H2,1-3H3. The summed E-state index contributed by atoms with van der Waals surface area (Å²) in [7, 11) is 0. The molecule has 0 spiro atoms. The zero-order valence-corrected chi connectivity index (χ0v) is 11.7. The predicted molar refractivity (Wildman–Crippen MR) is 75.5 cm³/mol. The topological polar surface area (TPSA) is 28.2 Å². The van der Waals surface area contributed by atoms with E-state index in [2.05, 4.69) is 41.2 Å². The fourth-order valence-corrected chi connectivity index (χ4v) is 2.20. The smallest absolute Gasteiger partial charge is 0.0547 e. The van der Waals surface area contributed by atoms with Gasteiger partial charge in [0, 0.05) is 31.9 Å². The molecule has 1 fully saturated rings. The van der Waals surface area contributed by atoms with Crippen molar-refractivity contribution in [1.82, 2.24) is 15.2 Å². The lowest BCUT2D eigenvalue weighted by molar-refractivity contribution is 0.298. The third-order valence-electron chi connectivity index (χ3n) is 3.52. The van der Waals surface area contributed by atoms with Crippen LogP contribution in [-0.2, 0) is 6.54 Å². The molecule has 18 heavy (non-hydrogen) atoms. The van der Waals surface area contributed by atoms with E-state index in [0.29, 0.717) is 0 Å². The van der Waals surface area contributed by atoms with Gasteiger partial charge in [0.25, 0.3) is 0 Å². The van der Waals surface area contributed by atoms with Crippen molar-refractivity contribution >= 4 is 0 Å². The molecule has 0 aromatic carbocycles. The van der Waals surface area contributed by atoms with Gasteiger partial charge in [-0.2, -0.15) is 0 Å². The summed E-state index contributed by atoms with van der Waals surface area (Å²) in [6.45, 7) is 11.7. The number of aryl methyl sites for hydroxylation is 1. The number of hydrogen-bond donors (Lipinski definition) is 1. The molecule has 1 aromatic heterocycles. The van der Waals surface area contributed by atoms with Crippen LogP contribution in [0.15, 0.2) is 29.3 Å². The van der Waals surface area contributed by atoms with E-state index < -0.39 is 0 Å². The molecular weight excluding hydrogens is 222 g/mol. The van der Waals surface area contributed by atoms with Gasteiger partial charge in [-0.05, 0) is 38.1 Å². The van der Waals surface area contributed by atoms with Gasteiger partial charge in [-0.3, -0.25) is 9.88 Å². The van der Waals surface area contributed by atoms with E-state index in [1.165, 1.54) is 11.3 Å². The van der Waals surface area contributed by atoms with Crippen LogP contribution in [0.5, 0.6) is 0 Å². The second-order valence-electron chi connectivity index (χ2n) is 5.06. The Kier molecular flexibility index (Phi) is 4.50. The second-order valence-corrected chi connectivity index (χ2v) is 5.06. The molecule has 0 saturated carbocycles.